The molecule has 2 aromatic carbocycles. The van der Waals surface area contributed by atoms with Crippen LogP contribution in [0.2, 0.25) is 0 Å². The Morgan fingerprint density at radius 2 is 1.05 bits per heavy atom. The number of hydrogen-bond acceptors (Lipinski definition) is 2. The molecule has 0 radical (unpaired) electrons. The Morgan fingerprint density at radius 3 is 1.45 bits per heavy atom. The van der Waals surface area contributed by atoms with Gasteiger partial charge in [0.05, 0.1) is 0 Å². The quantitative estimate of drug-likeness (QED) is 0.839. The summed E-state index contributed by atoms with van der Waals surface area (Å²) in [5.41, 5.74) is 2.65. The molecule has 0 heterocycles. The van der Waals surface area contributed by atoms with E-state index in [9.17, 15) is 10.2 Å². The van der Waals surface area contributed by atoms with Crippen molar-refractivity contribution in [1.29, 1.82) is 0 Å². The molecule has 20 heavy (non-hydrogen) atoms. The molecule has 0 amide bonds. The van der Waals surface area contributed by atoms with Crippen molar-refractivity contribution in [2.75, 3.05) is 0 Å². The second-order valence-corrected chi connectivity index (χ2v) is 5.74. The Balaban J connectivity index is 1.76. The molecule has 2 atom stereocenters. The van der Waals surface area contributed by atoms with E-state index in [-0.39, 0.29) is 0 Å². The van der Waals surface area contributed by atoms with Gasteiger partial charge in [0, 0.05) is 0 Å². The van der Waals surface area contributed by atoms with Gasteiger partial charge in [-0.15, -0.1) is 0 Å². The van der Waals surface area contributed by atoms with Crippen molar-refractivity contribution >= 4 is 0 Å². The van der Waals surface area contributed by atoms with Gasteiger partial charge in [-0.3, -0.25) is 0 Å². The van der Waals surface area contributed by atoms with Crippen molar-refractivity contribution in [3.63, 3.8) is 0 Å². The lowest BCUT2D eigenvalue weighted by Crippen LogP contribution is -2.12. The molecule has 2 aromatic rings. The molecule has 1 aliphatic rings. The molecule has 1 fully saturated rings. The maximum absolute atomic E-state index is 9.39. The van der Waals surface area contributed by atoms with Crippen LogP contribution in [0.25, 0.3) is 0 Å². The maximum atomic E-state index is 9.39. The van der Waals surface area contributed by atoms with Crippen LogP contribution in [0, 0.1) is 0 Å². The first-order valence-corrected chi connectivity index (χ1v) is 7.30. The topological polar surface area (TPSA) is 40.5 Å². The van der Waals surface area contributed by atoms with Gasteiger partial charge in [0.15, 0.2) is 0 Å². The van der Waals surface area contributed by atoms with Crippen LogP contribution in [0.3, 0.4) is 0 Å². The molecule has 0 bridgehead atoms. The molecule has 2 heteroatoms. The molecule has 2 N–H and O–H groups in total. The van der Waals surface area contributed by atoms with Gasteiger partial charge >= 0.3 is 0 Å². The van der Waals surface area contributed by atoms with Crippen LogP contribution in [0.5, 0.6) is 11.5 Å². The lowest BCUT2D eigenvalue weighted by Gasteiger charge is -2.30. The van der Waals surface area contributed by atoms with Crippen molar-refractivity contribution in [3.05, 3.63) is 59.7 Å². The first kappa shape index (κ1) is 13.0. The highest BCUT2D eigenvalue weighted by Crippen LogP contribution is 2.41. The molecule has 1 aliphatic carbocycles. The molecule has 0 aliphatic heterocycles. The molecule has 104 valence electrons. The molecule has 1 saturated carbocycles. The van der Waals surface area contributed by atoms with Crippen molar-refractivity contribution in [2.24, 2.45) is 0 Å². The highest BCUT2D eigenvalue weighted by atomic mass is 16.3. The largest absolute Gasteiger partial charge is 0.508 e. The summed E-state index contributed by atoms with van der Waals surface area (Å²) in [5.74, 6) is 1.81. The summed E-state index contributed by atoms with van der Waals surface area (Å²) in [6.07, 6.45) is 4.82. The van der Waals surface area contributed by atoms with E-state index in [0.717, 1.165) is 6.42 Å². The van der Waals surface area contributed by atoms with E-state index in [1.54, 1.807) is 24.3 Å². The van der Waals surface area contributed by atoms with Crippen molar-refractivity contribution < 1.29 is 10.2 Å². The van der Waals surface area contributed by atoms with Gasteiger partial charge in [0.1, 0.15) is 11.5 Å². The van der Waals surface area contributed by atoms with Crippen LogP contribution in [0.4, 0.5) is 0 Å². The summed E-state index contributed by atoms with van der Waals surface area (Å²) >= 11 is 0. The molecule has 2 unspecified atom stereocenters. The first-order chi connectivity index (χ1) is 9.72. The first-order valence-electron chi connectivity index (χ1n) is 7.30. The lowest BCUT2D eigenvalue weighted by molar-refractivity contribution is 0.393. The van der Waals surface area contributed by atoms with Crippen LogP contribution in [-0.4, -0.2) is 10.2 Å². The van der Waals surface area contributed by atoms with E-state index < -0.39 is 0 Å². The van der Waals surface area contributed by atoms with E-state index in [1.165, 1.54) is 30.4 Å². The number of phenols is 2. The average Bonchev–Trinajstić information content (AvgIpc) is 2.49. The van der Waals surface area contributed by atoms with Gasteiger partial charge in [0.25, 0.3) is 0 Å². The van der Waals surface area contributed by atoms with Gasteiger partial charge in [-0.2, -0.15) is 0 Å². The SMILES string of the molecule is Oc1ccc(C2CCCC(c3ccc(O)cc3)C2)cc1. The third kappa shape index (κ3) is 2.79. The zero-order chi connectivity index (χ0) is 13.9. The Kier molecular flexibility index (Phi) is 3.64. The predicted octanol–water partition coefficient (Wildman–Crippen LogP) is 4.54. The van der Waals surface area contributed by atoms with Crippen molar-refractivity contribution in [1.82, 2.24) is 0 Å². The molecule has 0 saturated heterocycles. The fourth-order valence-corrected chi connectivity index (χ4v) is 3.29. The summed E-state index contributed by atoms with van der Waals surface area (Å²) in [5, 5.41) is 18.8. The zero-order valence-corrected chi connectivity index (χ0v) is 11.5. The Labute approximate surface area is 119 Å². The van der Waals surface area contributed by atoms with Crippen LogP contribution >= 0.6 is 0 Å². The number of hydrogen-bond donors (Lipinski definition) is 2. The smallest absolute Gasteiger partial charge is 0.115 e. The monoisotopic (exact) mass is 268 g/mol. The summed E-state index contributed by atoms with van der Waals surface area (Å²) in [7, 11) is 0. The minimum Gasteiger partial charge on any atom is -0.508 e. The van der Waals surface area contributed by atoms with Gasteiger partial charge in [0.2, 0.25) is 0 Å². The second kappa shape index (κ2) is 5.58. The van der Waals surface area contributed by atoms with Crippen LogP contribution in [-0.2, 0) is 0 Å². The maximum Gasteiger partial charge on any atom is 0.115 e. The second-order valence-electron chi connectivity index (χ2n) is 5.74. The minimum atomic E-state index is 0.333. The average molecular weight is 268 g/mol. The Bertz CT molecular complexity index is 505. The van der Waals surface area contributed by atoms with Gasteiger partial charge in [-0.05, 0) is 66.5 Å². The molecular weight excluding hydrogens is 248 g/mol. The van der Waals surface area contributed by atoms with Crippen LogP contribution in [0.1, 0.15) is 48.6 Å². The molecular formula is C18H20O2. The molecule has 0 spiro atoms. The number of benzene rings is 2. The molecule has 3 rings (SSSR count). The Hall–Kier alpha value is -1.96. The van der Waals surface area contributed by atoms with E-state index >= 15 is 0 Å². The highest BCUT2D eigenvalue weighted by molar-refractivity contribution is 5.31. The normalized spacial score (nSPS) is 22.6. The van der Waals surface area contributed by atoms with Crippen LogP contribution < -0.4 is 0 Å². The number of phenolic OH excluding ortho intramolecular Hbond substituents is 2. The van der Waals surface area contributed by atoms with Gasteiger partial charge in [-0.1, -0.05) is 30.7 Å². The van der Waals surface area contributed by atoms with E-state index in [4.69, 9.17) is 0 Å². The van der Waals surface area contributed by atoms with E-state index in [1.807, 2.05) is 24.3 Å². The zero-order valence-electron chi connectivity index (χ0n) is 11.5. The van der Waals surface area contributed by atoms with Crippen molar-refractivity contribution in [2.45, 2.75) is 37.5 Å². The predicted molar refractivity (Wildman–Crippen MR) is 80.2 cm³/mol. The number of aromatic hydroxyl groups is 2. The van der Waals surface area contributed by atoms with Gasteiger partial charge < -0.3 is 10.2 Å². The molecule has 2 nitrogen and oxygen atoms in total. The summed E-state index contributed by atoms with van der Waals surface area (Å²) in [6, 6.07) is 15.3. The highest BCUT2D eigenvalue weighted by Gasteiger charge is 2.24. The van der Waals surface area contributed by atoms with Gasteiger partial charge in [-0.25, -0.2) is 0 Å². The summed E-state index contributed by atoms with van der Waals surface area (Å²) < 4.78 is 0. The number of rotatable bonds is 2. The minimum absolute atomic E-state index is 0.333. The Morgan fingerprint density at radius 1 is 0.650 bits per heavy atom. The molecule has 0 aromatic heterocycles. The fraction of sp³-hybridized carbons (Fsp3) is 0.333. The summed E-state index contributed by atoms with van der Waals surface area (Å²) in [4.78, 5) is 0. The fourth-order valence-electron chi connectivity index (χ4n) is 3.29. The van der Waals surface area contributed by atoms with Crippen LogP contribution in [0.15, 0.2) is 48.5 Å². The third-order valence-electron chi connectivity index (χ3n) is 4.40. The standard InChI is InChI=1S/C18H20O2/c19-17-8-4-13(5-9-17)15-2-1-3-16(12-15)14-6-10-18(20)11-7-14/h4-11,15-16,19-20H,1-3,12H2. The van der Waals surface area contributed by atoms with E-state index in [0.29, 0.717) is 23.3 Å². The lowest BCUT2D eigenvalue weighted by atomic mass is 9.75. The summed E-state index contributed by atoms with van der Waals surface area (Å²) in [6.45, 7) is 0. The third-order valence-corrected chi connectivity index (χ3v) is 4.40. The van der Waals surface area contributed by atoms with Crippen molar-refractivity contribution in [3.8, 4) is 11.5 Å². The van der Waals surface area contributed by atoms with E-state index in [2.05, 4.69) is 0 Å².